The van der Waals surface area contributed by atoms with E-state index >= 15 is 0 Å². The number of allylic oxidation sites excluding steroid dienone is 1. The van der Waals surface area contributed by atoms with Gasteiger partial charge in [-0.25, -0.2) is 4.79 Å². The number of hydrogen-bond donors (Lipinski definition) is 4. The first-order valence-corrected chi connectivity index (χ1v) is 12.2. The number of nitrogens with two attached hydrogens (primary N) is 1. The number of phenolic OH excluding ortho intramolecular Hbond substituents is 1. The van der Waals surface area contributed by atoms with E-state index in [1.807, 2.05) is 13.8 Å². The van der Waals surface area contributed by atoms with Gasteiger partial charge in [0.25, 0.3) is 0 Å². The lowest BCUT2D eigenvalue weighted by atomic mass is 9.78. The van der Waals surface area contributed by atoms with Crippen LogP contribution in [0.5, 0.6) is 17.2 Å². The lowest BCUT2D eigenvalue weighted by Gasteiger charge is -2.34. The largest absolute Gasteiger partial charge is 0.508 e. The van der Waals surface area contributed by atoms with Gasteiger partial charge in [-0.05, 0) is 60.9 Å². The Bertz CT molecular complexity index is 1320. The fraction of sp³-hybridized carbons (Fsp3) is 0.241. The summed E-state index contributed by atoms with van der Waals surface area (Å²) in [4.78, 5) is 25.2. The zero-order chi connectivity index (χ0) is 27.1. The summed E-state index contributed by atoms with van der Waals surface area (Å²) in [7, 11) is 0. The van der Waals surface area contributed by atoms with E-state index in [2.05, 4.69) is 10.6 Å². The molecule has 0 radical (unpaired) electrons. The molecule has 0 aliphatic carbocycles. The van der Waals surface area contributed by atoms with Crippen LogP contribution in [0.1, 0.15) is 38.4 Å². The topological polar surface area (TPSA) is 132 Å². The predicted molar refractivity (Wildman–Crippen MR) is 145 cm³/mol. The van der Waals surface area contributed by atoms with Gasteiger partial charge < -0.3 is 30.4 Å². The van der Waals surface area contributed by atoms with E-state index in [-0.39, 0.29) is 18.4 Å². The maximum Gasteiger partial charge on any atom is 0.412 e. The van der Waals surface area contributed by atoms with Gasteiger partial charge in [0.2, 0.25) is 12.7 Å². The molecular formula is C29H31N3O6. The Balaban J connectivity index is 1.41. The Labute approximate surface area is 221 Å². The number of anilines is 3. The number of hydrogen-bond acceptors (Lipinski definition) is 7. The molecular weight excluding hydrogens is 486 g/mol. The quantitative estimate of drug-likeness (QED) is 0.202. The van der Waals surface area contributed by atoms with Crippen LogP contribution in [0, 0.1) is 5.41 Å². The average Bonchev–Trinajstić information content (AvgIpc) is 3.35. The Morgan fingerprint density at radius 1 is 1.05 bits per heavy atom. The van der Waals surface area contributed by atoms with Crippen LogP contribution in [0.4, 0.5) is 21.9 Å². The van der Waals surface area contributed by atoms with Crippen molar-refractivity contribution in [3.63, 3.8) is 0 Å². The molecule has 38 heavy (non-hydrogen) atoms. The number of nitrogen functional groups attached to an aromatic ring is 1. The minimum Gasteiger partial charge on any atom is -0.508 e. The highest BCUT2D eigenvalue weighted by molar-refractivity contribution is 6.01. The number of aromatic hydroxyl groups is 1. The van der Waals surface area contributed by atoms with Crippen LogP contribution in [-0.2, 0) is 9.53 Å². The third kappa shape index (κ3) is 6.76. The average molecular weight is 518 g/mol. The molecule has 1 atom stereocenters. The number of para-hydroxylation sites is 2. The monoisotopic (exact) mass is 517 g/mol. The van der Waals surface area contributed by atoms with Gasteiger partial charge >= 0.3 is 6.09 Å². The van der Waals surface area contributed by atoms with Crippen molar-refractivity contribution in [1.29, 1.82) is 0 Å². The molecule has 0 spiro atoms. The van der Waals surface area contributed by atoms with E-state index in [1.165, 1.54) is 6.08 Å². The van der Waals surface area contributed by atoms with Crippen LogP contribution in [0.15, 0.2) is 78.9 Å². The molecule has 3 aromatic rings. The molecule has 3 aromatic carbocycles. The second-order valence-corrected chi connectivity index (χ2v) is 9.58. The number of carbonyl (C=O) groups is 2. The van der Waals surface area contributed by atoms with Crippen LogP contribution < -0.4 is 25.8 Å². The SMILES string of the molecule is CC(C)(CC/C=C/C(=O)Nc1ccccc1N)[C@@H](OC(=O)Nc1ccc2c(c1)OCO2)c1ccc(O)cc1. The first-order valence-electron chi connectivity index (χ1n) is 12.2. The van der Waals surface area contributed by atoms with Crippen molar-refractivity contribution in [2.75, 3.05) is 23.2 Å². The number of carbonyl (C=O) groups excluding carboxylic acids is 2. The number of benzene rings is 3. The van der Waals surface area contributed by atoms with Gasteiger partial charge in [-0.2, -0.15) is 0 Å². The molecule has 0 aromatic heterocycles. The second-order valence-electron chi connectivity index (χ2n) is 9.58. The summed E-state index contributed by atoms with van der Waals surface area (Å²) in [6, 6.07) is 18.7. The third-order valence-electron chi connectivity index (χ3n) is 6.19. The molecule has 0 fully saturated rings. The number of phenols is 1. The Hall–Kier alpha value is -4.66. The first kappa shape index (κ1) is 26.4. The molecule has 5 N–H and O–H groups in total. The van der Waals surface area contributed by atoms with Crippen LogP contribution in [0.25, 0.3) is 0 Å². The number of ether oxygens (including phenoxy) is 3. The Kier molecular flexibility index (Phi) is 8.06. The summed E-state index contributed by atoms with van der Waals surface area (Å²) >= 11 is 0. The second kappa shape index (κ2) is 11.6. The van der Waals surface area contributed by atoms with Crippen LogP contribution in [0.3, 0.4) is 0 Å². The molecule has 198 valence electrons. The summed E-state index contributed by atoms with van der Waals surface area (Å²) in [5.74, 6) is 0.989. The highest BCUT2D eigenvalue weighted by Gasteiger charge is 2.34. The molecule has 0 unspecified atom stereocenters. The van der Waals surface area contributed by atoms with E-state index in [0.29, 0.717) is 41.4 Å². The van der Waals surface area contributed by atoms with E-state index in [1.54, 1.807) is 72.8 Å². The molecule has 4 rings (SSSR count). The van der Waals surface area contributed by atoms with Gasteiger partial charge in [0.1, 0.15) is 11.9 Å². The highest BCUT2D eigenvalue weighted by atomic mass is 16.7. The van der Waals surface area contributed by atoms with Crippen molar-refractivity contribution in [3.05, 3.63) is 84.4 Å². The van der Waals surface area contributed by atoms with Crippen molar-refractivity contribution >= 4 is 29.1 Å². The Morgan fingerprint density at radius 3 is 2.55 bits per heavy atom. The van der Waals surface area contributed by atoms with Gasteiger partial charge in [-0.3, -0.25) is 10.1 Å². The van der Waals surface area contributed by atoms with Crippen LogP contribution in [0.2, 0.25) is 0 Å². The summed E-state index contributed by atoms with van der Waals surface area (Å²) in [5, 5.41) is 15.2. The molecule has 0 bridgehead atoms. The van der Waals surface area contributed by atoms with E-state index in [4.69, 9.17) is 19.9 Å². The van der Waals surface area contributed by atoms with Gasteiger partial charge in [-0.15, -0.1) is 0 Å². The van der Waals surface area contributed by atoms with Crippen molar-refractivity contribution in [1.82, 2.24) is 0 Å². The van der Waals surface area contributed by atoms with Crippen molar-refractivity contribution in [3.8, 4) is 17.2 Å². The third-order valence-corrected chi connectivity index (χ3v) is 6.19. The summed E-state index contributed by atoms with van der Waals surface area (Å²) in [6.45, 7) is 4.10. The van der Waals surface area contributed by atoms with E-state index < -0.39 is 17.6 Å². The molecule has 9 nitrogen and oxygen atoms in total. The normalized spacial score (nSPS) is 13.2. The standard InChI is InChI=1S/C29H31N3O6/c1-29(2,16-6-5-9-26(34)32-23-8-4-3-7-22(23)30)27(19-10-13-21(33)14-11-19)38-28(35)31-20-12-15-24-25(17-20)37-18-36-24/h3-5,7-15,17,27,33H,6,16,18,30H2,1-2H3,(H,31,35)(H,32,34)/b9-5+/t27-/m0/s1. The van der Waals surface area contributed by atoms with Crippen molar-refractivity contribution < 1.29 is 28.9 Å². The smallest absolute Gasteiger partial charge is 0.412 e. The van der Waals surface area contributed by atoms with Gasteiger partial charge in [0, 0.05) is 17.2 Å². The lowest BCUT2D eigenvalue weighted by Crippen LogP contribution is -2.29. The van der Waals surface area contributed by atoms with Crippen LogP contribution >= 0.6 is 0 Å². The minimum atomic E-state index is -0.636. The molecule has 1 heterocycles. The zero-order valence-corrected chi connectivity index (χ0v) is 21.3. The number of rotatable bonds is 9. The summed E-state index contributed by atoms with van der Waals surface area (Å²) in [6.07, 6.45) is 3.13. The fourth-order valence-corrected chi connectivity index (χ4v) is 4.12. The van der Waals surface area contributed by atoms with Crippen molar-refractivity contribution in [2.45, 2.75) is 32.8 Å². The number of fused-ring (bicyclic) bond motifs is 1. The van der Waals surface area contributed by atoms with Crippen molar-refractivity contribution in [2.24, 2.45) is 5.41 Å². The highest BCUT2D eigenvalue weighted by Crippen LogP contribution is 2.41. The van der Waals surface area contributed by atoms with E-state index in [0.717, 1.165) is 5.56 Å². The molecule has 2 amide bonds. The zero-order valence-electron chi connectivity index (χ0n) is 21.3. The van der Waals surface area contributed by atoms with E-state index in [9.17, 15) is 14.7 Å². The maximum absolute atomic E-state index is 12.9. The molecule has 0 saturated carbocycles. The first-order chi connectivity index (χ1) is 18.2. The van der Waals surface area contributed by atoms with Gasteiger partial charge in [-0.1, -0.05) is 44.2 Å². The molecule has 9 heteroatoms. The number of nitrogens with one attached hydrogen (secondary N) is 2. The predicted octanol–water partition coefficient (Wildman–Crippen LogP) is 5.99. The maximum atomic E-state index is 12.9. The fourth-order valence-electron chi connectivity index (χ4n) is 4.12. The molecule has 1 aliphatic rings. The molecule has 0 saturated heterocycles. The van der Waals surface area contributed by atoms with Gasteiger partial charge in [0.15, 0.2) is 11.5 Å². The molecule has 1 aliphatic heterocycles. The Morgan fingerprint density at radius 2 is 1.79 bits per heavy atom. The van der Waals surface area contributed by atoms with Gasteiger partial charge in [0.05, 0.1) is 11.4 Å². The summed E-state index contributed by atoms with van der Waals surface area (Å²) < 4.78 is 16.6. The number of amides is 2. The van der Waals surface area contributed by atoms with Crippen LogP contribution in [-0.4, -0.2) is 23.9 Å². The lowest BCUT2D eigenvalue weighted by molar-refractivity contribution is -0.111. The summed E-state index contributed by atoms with van der Waals surface area (Å²) in [5.41, 5.74) is 7.64. The minimum absolute atomic E-state index is 0.114.